The van der Waals surface area contributed by atoms with Gasteiger partial charge in [0, 0.05) is 37.8 Å². The van der Waals surface area contributed by atoms with Gasteiger partial charge < -0.3 is 5.11 Å². The molecule has 2 aromatic rings. The minimum atomic E-state index is -0.779. The molecule has 0 aliphatic rings. The molecule has 1 aromatic heterocycles. The van der Waals surface area contributed by atoms with Crippen molar-refractivity contribution in [1.29, 1.82) is 0 Å². The second-order valence-corrected chi connectivity index (χ2v) is 7.64. The van der Waals surface area contributed by atoms with Crippen molar-refractivity contribution in [3.8, 4) is 0 Å². The van der Waals surface area contributed by atoms with Crippen molar-refractivity contribution in [1.82, 2.24) is 8.52 Å². The Labute approximate surface area is 161 Å². The van der Waals surface area contributed by atoms with Gasteiger partial charge in [0.25, 0.3) is 0 Å². The first kappa shape index (κ1) is 20.8. The second kappa shape index (κ2) is 10.0. The number of carboxylic acids is 1. The number of carboxylic acid groups (broad SMARTS) is 1. The van der Waals surface area contributed by atoms with Crippen LogP contribution in [0.4, 0.5) is 0 Å². The Morgan fingerprint density at radius 2 is 1.56 bits per heavy atom. The molecular formula is C19H24N2O5S. The van der Waals surface area contributed by atoms with Crippen LogP contribution in [0.3, 0.4) is 0 Å². The number of aromatic nitrogens is 2. The minimum Gasteiger partial charge on any atom is -0.481 e. The monoisotopic (exact) mass is 392 g/mol. The summed E-state index contributed by atoms with van der Waals surface area (Å²) in [5, 5.41) is 8.57. The smallest absolute Gasteiger partial charge is 0.341 e. The Morgan fingerprint density at radius 1 is 0.963 bits per heavy atom. The van der Waals surface area contributed by atoms with Crippen LogP contribution in [0.2, 0.25) is 0 Å². The number of aliphatic carboxylic acids is 1. The molecule has 0 bridgehead atoms. The first-order chi connectivity index (χ1) is 12.9. The third kappa shape index (κ3) is 6.63. The van der Waals surface area contributed by atoms with Crippen molar-refractivity contribution >= 4 is 23.3 Å². The van der Waals surface area contributed by atoms with Gasteiger partial charge in [0.15, 0.2) is 0 Å². The van der Waals surface area contributed by atoms with Crippen LogP contribution in [0.1, 0.15) is 49.7 Å². The van der Waals surface area contributed by atoms with E-state index in [1.807, 2.05) is 24.3 Å². The molecule has 0 aliphatic heterocycles. The van der Waals surface area contributed by atoms with E-state index in [4.69, 9.17) is 5.11 Å². The molecule has 0 spiro atoms. The molecule has 0 fully saturated rings. The predicted octanol–water partition coefficient (Wildman–Crippen LogP) is 2.19. The molecule has 0 amide bonds. The van der Waals surface area contributed by atoms with Crippen molar-refractivity contribution in [3.05, 3.63) is 55.5 Å². The summed E-state index contributed by atoms with van der Waals surface area (Å²) in [6, 6.07) is 7.36. The summed E-state index contributed by atoms with van der Waals surface area (Å²) in [5.74, 6) is -0.623. The van der Waals surface area contributed by atoms with E-state index in [9.17, 15) is 19.2 Å². The quantitative estimate of drug-likeness (QED) is 0.591. The number of rotatable bonds is 11. The van der Waals surface area contributed by atoms with Gasteiger partial charge in [-0.05, 0) is 24.0 Å². The van der Waals surface area contributed by atoms with Crippen molar-refractivity contribution in [3.63, 3.8) is 0 Å². The number of carbonyl (C=O) groups is 2. The van der Waals surface area contributed by atoms with E-state index in [1.54, 1.807) is 7.05 Å². The number of nitrogens with zero attached hydrogens (tertiary/aromatic N) is 2. The Morgan fingerprint density at radius 3 is 2.11 bits per heavy atom. The molecule has 8 heteroatoms. The van der Waals surface area contributed by atoms with Gasteiger partial charge in [0.05, 0.1) is 6.54 Å². The molecular weight excluding hydrogens is 368 g/mol. The highest BCUT2D eigenvalue weighted by Gasteiger charge is 2.09. The maximum atomic E-state index is 12.0. The van der Waals surface area contributed by atoms with E-state index in [0.29, 0.717) is 19.3 Å². The van der Waals surface area contributed by atoms with Crippen LogP contribution in [0.15, 0.2) is 33.9 Å². The van der Waals surface area contributed by atoms with Crippen LogP contribution < -0.4 is 10.6 Å². The zero-order valence-corrected chi connectivity index (χ0v) is 16.2. The third-order valence-corrected chi connectivity index (χ3v) is 5.10. The fourth-order valence-corrected chi connectivity index (χ4v) is 3.45. The molecule has 2 rings (SSSR count). The largest absolute Gasteiger partial charge is 0.481 e. The number of carbonyl (C=O) groups excluding carboxylic acids is 1. The molecule has 0 aliphatic carbocycles. The molecule has 0 atom stereocenters. The summed E-state index contributed by atoms with van der Waals surface area (Å²) in [6.07, 6.45) is 4.16. The number of ketones is 1. The highest BCUT2D eigenvalue weighted by Crippen LogP contribution is 2.10. The Hall–Kier alpha value is -2.48. The van der Waals surface area contributed by atoms with Crippen LogP contribution in [0.25, 0.3) is 0 Å². The lowest BCUT2D eigenvalue weighted by atomic mass is 10.0. The molecule has 0 saturated carbocycles. The van der Waals surface area contributed by atoms with E-state index in [0.717, 1.165) is 41.9 Å². The fraction of sp³-hybridized carbons (Fsp3) is 0.474. The molecule has 0 saturated heterocycles. The maximum Gasteiger partial charge on any atom is 0.341 e. The topological polar surface area (TPSA) is 98.4 Å². The summed E-state index contributed by atoms with van der Waals surface area (Å²) in [7, 11) is 1.56. The van der Waals surface area contributed by atoms with Crippen LogP contribution in [-0.4, -0.2) is 25.4 Å². The summed E-state index contributed by atoms with van der Waals surface area (Å²) < 4.78 is 2.49. The first-order valence-corrected chi connectivity index (χ1v) is 9.72. The zero-order chi connectivity index (χ0) is 19.8. The highest BCUT2D eigenvalue weighted by atomic mass is 32.1. The minimum absolute atomic E-state index is 0.156. The predicted molar refractivity (Wildman–Crippen MR) is 103 cm³/mol. The fourth-order valence-electron chi connectivity index (χ4n) is 2.80. The Kier molecular flexibility index (Phi) is 7.72. The van der Waals surface area contributed by atoms with E-state index < -0.39 is 5.97 Å². The number of hydrogen-bond donors (Lipinski definition) is 1. The van der Waals surface area contributed by atoms with Crippen molar-refractivity contribution in [2.75, 3.05) is 0 Å². The third-order valence-electron chi connectivity index (χ3n) is 4.30. The van der Waals surface area contributed by atoms with E-state index in [-0.39, 0.29) is 29.3 Å². The molecule has 0 radical (unpaired) electrons. The number of aryl methyl sites for hydroxylation is 1. The molecule has 1 heterocycles. The van der Waals surface area contributed by atoms with Crippen molar-refractivity contribution < 1.29 is 14.7 Å². The van der Waals surface area contributed by atoms with E-state index in [1.165, 1.54) is 8.52 Å². The van der Waals surface area contributed by atoms with Crippen LogP contribution >= 0.6 is 11.5 Å². The Bertz CT molecular complexity index is 892. The molecule has 146 valence electrons. The number of hydrogen-bond acceptors (Lipinski definition) is 5. The number of Topliss-reactive ketones (excluding diaryl/α,β-unsaturated/α-hetero) is 1. The van der Waals surface area contributed by atoms with Crippen LogP contribution in [0, 0.1) is 0 Å². The number of benzene rings is 1. The normalized spacial score (nSPS) is 10.9. The summed E-state index contributed by atoms with van der Waals surface area (Å²) in [4.78, 5) is 45.8. The van der Waals surface area contributed by atoms with E-state index in [2.05, 4.69) is 0 Å². The van der Waals surface area contributed by atoms with Gasteiger partial charge in [-0.25, -0.2) is 13.3 Å². The van der Waals surface area contributed by atoms with Gasteiger partial charge >= 0.3 is 16.5 Å². The van der Waals surface area contributed by atoms with Gasteiger partial charge in [-0.1, -0.05) is 37.1 Å². The van der Waals surface area contributed by atoms with Crippen LogP contribution in [0.5, 0.6) is 0 Å². The van der Waals surface area contributed by atoms with Gasteiger partial charge in [0.2, 0.25) is 0 Å². The molecule has 0 unspecified atom stereocenters. The average Bonchev–Trinajstić information content (AvgIpc) is 2.85. The highest BCUT2D eigenvalue weighted by molar-refractivity contribution is 7.03. The van der Waals surface area contributed by atoms with Crippen molar-refractivity contribution in [2.24, 2.45) is 7.05 Å². The van der Waals surface area contributed by atoms with Gasteiger partial charge in [-0.3, -0.25) is 14.4 Å². The van der Waals surface area contributed by atoms with E-state index >= 15 is 0 Å². The molecule has 1 aromatic carbocycles. The lowest BCUT2D eigenvalue weighted by Gasteiger charge is -2.05. The Balaban J connectivity index is 1.78. The van der Waals surface area contributed by atoms with Gasteiger partial charge in [0.1, 0.15) is 5.78 Å². The first-order valence-electron chi connectivity index (χ1n) is 8.95. The molecule has 27 heavy (non-hydrogen) atoms. The maximum absolute atomic E-state index is 12.0. The second-order valence-electron chi connectivity index (χ2n) is 6.56. The van der Waals surface area contributed by atoms with Crippen LogP contribution in [-0.2, 0) is 29.6 Å². The zero-order valence-electron chi connectivity index (χ0n) is 15.3. The van der Waals surface area contributed by atoms with Crippen molar-refractivity contribution in [2.45, 2.75) is 51.5 Å². The molecule has 1 N–H and O–H groups in total. The lowest BCUT2D eigenvalue weighted by Crippen LogP contribution is -2.28. The SMILES string of the molecule is Cn1sc(=O)n(Cc2ccc(CC(=O)CCCCCCC(=O)O)cc2)c1=O. The molecule has 7 nitrogen and oxygen atoms in total. The standard InChI is InChI=1S/C19H24N2O5S/c1-20-18(25)21(19(26)27-20)13-15-10-8-14(9-11-15)12-16(22)6-4-2-3-5-7-17(23)24/h8-11H,2-7,12-13H2,1H3,(H,23,24). The number of unbranched alkanes of at least 4 members (excludes halogenated alkanes) is 3. The van der Waals surface area contributed by atoms with Gasteiger partial charge in [-0.15, -0.1) is 0 Å². The summed E-state index contributed by atoms with van der Waals surface area (Å²) >= 11 is 0.878. The van der Waals surface area contributed by atoms with Gasteiger partial charge in [-0.2, -0.15) is 0 Å². The summed E-state index contributed by atoms with van der Waals surface area (Å²) in [5.41, 5.74) is 1.41. The lowest BCUT2D eigenvalue weighted by molar-refractivity contribution is -0.137. The average molecular weight is 392 g/mol. The summed E-state index contributed by atoms with van der Waals surface area (Å²) in [6.45, 7) is 0.222.